The van der Waals surface area contributed by atoms with E-state index in [0.717, 1.165) is 24.4 Å². The van der Waals surface area contributed by atoms with E-state index in [0.29, 0.717) is 5.82 Å². The highest BCUT2D eigenvalue weighted by Crippen LogP contribution is 2.17. The van der Waals surface area contributed by atoms with Crippen LogP contribution in [0.15, 0.2) is 30.7 Å². The van der Waals surface area contributed by atoms with Gasteiger partial charge < -0.3 is 10.1 Å². The zero-order chi connectivity index (χ0) is 15.5. The normalized spacial score (nSPS) is 15.4. The molecule has 116 valence electrons. The summed E-state index contributed by atoms with van der Waals surface area (Å²) in [5.41, 5.74) is 0.869. The topological polar surface area (TPSA) is 72.3 Å². The van der Waals surface area contributed by atoms with Crippen LogP contribution >= 0.6 is 0 Å². The average Bonchev–Trinajstić information content (AvgIpc) is 2.84. The molecule has 22 heavy (non-hydrogen) atoms. The van der Waals surface area contributed by atoms with Gasteiger partial charge in [-0.05, 0) is 24.7 Å². The number of hydrogen-bond acceptors (Lipinski definition) is 5. The van der Waals surface area contributed by atoms with Gasteiger partial charge in [0.25, 0.3) is 0 Å². The Balaban J connectivity index is 1.51. The first-order valence-electron chi connectivity index (χ1n) is 7.17. The molecule has 2 aromatic heterocycles. The molecule has 0 saturated carbocycles. The van der Waals surface area contributed by atoms with Crippen LogP contribution in [0, 0.1) is 0 Å². The lowest BCUT2D eigenvalue weighted by Gasteiger charge is -2.35. The van der Waals surface area contributed by atoms with Crippen molar-refractivity contribution in [3.8, 4) is 5.75 Å². The molecule has 2 aromatic rings. The predicted octanol–water partition coefficient (Wildman–Crippen LogP) is 0.689. The summed E-state index contributed by atoms with van der Waals surface area (Å²) in [4.78, 5) is 18.3. The van der Waals surface area contributed by atoms with Crippen molar-refractivity contribution in [2.75, 3.05) is 25.5 Å². The third-order valence-electron chi connectivity index (χ3n) is 3.46. The molecule has 7 heteroatoms. The maximum Gasteiger partial charge on any atom is 0.230 e. The quantitative estimate of drug-likeness (QED) is 0.879. The van der Waals surface area contributed by atoms with E-state index in [-0.39, 0.29) is 18.4 Å². The van der Waals surface area contributed by atoms with Gasteiger partial charge in [-0.2, -0.15) is 5.10 Å². The second-order valence-electron chi connectivity index (χ2n) is 5.59. The second-order valence-corrected chi connectivity index (χ2v) is 5.59. The van der Waals surface area contributed by atoms with Gasteiger partial charge in [-0.3, -0.25) is 14.4 Å². The lowest BCUT2D eigenvalue weighted by Crippen LogP contribution is -2.51. The van der Waals surface area contributed by atoms with Crippen molar-refractivity contribution >= 4 is 11.7 Å². The molecule has 7 nitrogen and oxygen atoms in total. The van der Waals surface area contributed by atoms with Gasteiger partial charge in [-0.1, -0.05) is 0 Å². The van der Waals surface area contributed by atoms with Crippen LogP contribution < -0.4 is 10.1 Å². The highest BCUT2D eigenvalue weighted by Gasteiger charge is 2.24. The molecular formula is C15H19N5O2. The van der Waals surface area contributed by atoms with Gasteiger partial charge >= 0.3 is 0 Å². The van der Waals surface area contributed by atoms with Gasteiger partial charge in [0.15, 0.2) is 0 Å². The van der Waals surface area contributed by atoms with Gasteiger partial charge in [0, 0.05) is 26.3 Å². The number of ether oxygens (including phenoxy) is 1. The number of amides is 1. The lowest BCUT2D eigenvalue weighted by molar-refractivity contribution is -0.115. The van der Waals surface area contributed by atoms with Crippen molar-refractivity contribution in [3.63, 3.8) is 0 Å². The summed E-state index contributed by atoms with van der Waals surface area (Å²) in [5.74, 6) is 1.13. The number of carbonyl (C=O) groups is 1. The minimum Gasteiger partial charge on any atom is -0.486 e. The molecule has 0 aromatic carbocycles. The van der Waals surface area contributed by atoms with E-state index in [1.165, 1.54) is 0 Å². The van der Waals surface area contributed by atoms with Crippen LogP contribution in [0.3, 0.4) is 0 Å². The third kappa shape index (κ3) is 3.62. The third-order valence-corrected chi connectivity index (χ3v) is 3.46. The fraction of sp³-hybridized carbons (Fsp3) is 0.400. The Hall–Kier alpha value is -2.41. The number of likely N-dealkylation sites (tertiary alicyclic amines) is 1. The zero-order valence-corrected chi connectivity index (χ0v) is 12.7. The fourth-order valence-corrected chi connectivity index (χ4v) is 2.37. The molecular weight excluding hydrogens is 282 g/mol. The van der Waals surface area contributed by atoms with Gasteiger partial charge in [0.1, 0.15) is 17.7 Å². The monoisotopic (exact) mass is 301 g/mol. The maximum atomic E-state index is 11.9. The number of hydrogen-bond donors (Lipinski definition) is 1. The SMILES string of the molecule is CN1CC(Oc2ccc(NC(=O)Cc3cnn(C)c3)nc2)C1. The number of aryl methyl sites for hydroxylation is 1. The summed E-state index contributed by atoms with van der Waals surface area (Å²) in [6.07, 6.45) is 5.65. The van der Waals surface area contributed by atoms with Crippen LogP contribution in [0.2, 0.25) is 0 Å². The van der Waals surface area contributed by atoms with E-state index in [9.17, 15) is 4.79 Å². The summed E-state index contributed by atoms with van der Waals surface area (Å²) in [5, 5.41) is 6.80. The van der Waals surface area contributed by atoms with E-state index in [1.807, 2.05) is 19.3 Å². The Morgan fingerprint density at radius 3 is 2.77 bits per heavy atom. The lowest BCUT2D eigenvalue weighted by atomic mass is 10.2. The summed E-state index contributed by atoms with van der Waals surface area (Å²) in [6.45, 7) is 1.87. The minimum absolute atomic E-state index is 0.116. The molecule has 1 saturated heterocycles. The highest BCUT2D eigenvalue weighted by atomic mass is 16.5. The number of carbonyl (C=O) groups excluding carboxylic acids is 1. The van der Waals surface area contributed by atoms with Crippen LogP contribution in [0.1, 0.15) is 5.56 Å². The molecule has 1 aliphatic rings. The van der Waals surface area contributed by atoms with Crippen molar-refractivity contribution in [2.45, 2.75) is 12.5 Å². The van der Waals surface area contributed by atoms with Crippen LogP contribution in [0.5, 0.6) is 5.75 Å². The van der Waals surface area contributed by atoms with Crippen molar-refractivity contribution in [2.24, 2.45) is 7.05 Å². The van der Waals surface area contributed by atoms with Gasteiger partial charge in [0.05, 0.1) is 18.8 Å². The molecule has 0 atom stereocenters. The number of anilines is 1. The molecule has 1 amide bonds. The Kier molecular flexibility index (Phi) is 4.06. The Bertz CT molecular complexity index is 646. The average molecular weight is 301 g/mol. The van der Waals surface area contributed by atoms with Gasteiger partial charge in [0.2, 0.25) is 5.91 Å². The standard InChI is InChI=1S/C15H19N5O2/c1-19-9-13(10-19)22-12-3-4-14(16-7-12)18-15(21)5-11-6-17-20(2)8-11/h3-4,6-8,13H,5,9-10H2,1-2H3,(H,16,18,21). The second kappa shape index (κ2) is 6.15. The Labute approximate surface area is 128 Å². The Morgan fingerprint density at radius 1 is 1.36 bits per heavy atom. The summed E-state index contributed by atoms with van der Waals surface area (Å²) in [7, 11) is 3.88. The largest absolute Gasteiger partial charge is 0.486 e. The molecule has 1 aliphatic heterocycles. The van der Waals surface area contributed by atoms with Crippen LogP contribution in [-0.2, 0) is 18.3 Å². The number of pyridine rings is 1. The molecule has 1 N–H and O–H groups in total. The van der Waals surface area contributed by atoms with E-state index in [4.69, 9.17) is 4.74 Å². The molecule has 3 heterocycles. The first kappa shape index (κ1) is 14.5. The van der Waals surface area contributed by atoms with E-state index < -0.39 is 0 Å². The first-order chi connectivity index (χ1) is 10.6. The molecule has 0 bridgehead atoms. The van der Waals surface area contributed by atoms with Crippen molar-refractivity contribution in [1.29, 1.82) is 0 Å². The molecule has 3 rings (SSSR count). The molecule has 0 aliphatic carbocycles. The van der Waals surface area contributed by atoms with Crippen molar-refractivity contribution in [1.82, 2.24) is 19.7 Å². The Morgan fingerprint density at radius 2 is 2.18 bits per heavy atom. The molecule has 1 fully saturated rings. The number of likely N-dealkylation sites (N-methyl/N-ethyl adjacent to an activating group) is 1. The summed E-state index contributed by atoms with van der Waals surface area (Å²) in [6, 6.07) is 3.57. The van der Waals surface area contributed by atoms with Crippen LogP contribution in [0.4, 0.5) is 5.82 Å². The number of aromatic nitrogens is 3. The van der Waals surface area contributed by atoms with E-state index in [1.54, 1.807) is 23.1 Å². The summed E-state index contributed by atoms with van der Waals surface area (Å²) < 4.78 is 7.42. The first-order valence-corrected chi connectivity index (χ1v) is 7.17. The van der Waals surface area contributed by atoms with E-state index in [2.05, 4.69) is 27.3 Å². The summed E-state index contributed by atoms with van der Waals surface area (Å²) >= 11 is 0. The van der Waals surface area contributed by atoms with Crippen LogP contribution in [-0.4, -0.2) is 51.8 Å². The predicted molar refractivity (Wildman–Crippen MR) is 81.7 cm³/mol. The molecule has 0 unspecified atom stereocenters. The smallest absolute Gasteiger partial charge is 0.230 e. The maximum absolute atomic E-state index is 11.9. The highest BCUT2D eigenvalue weighted by molar-refractivity contribution is 5.91. The van der Waals surface area contributed by atoms with Crippen molar-refractivity contribution < 1.29 is 9.53 Å². The number of rotatable bonds is 5. The molecule has 0 spiro atoms. The van der Waals surface area contributed by atoms with Gasteiger partial charge in [-0.25, -0.2) is 4.98 Å². The van der Waals surface area contributed by atoms with Crippen molar-refractivity contribution in [3.05, 3.63) is 36.3 Å². The molecule has 0 radical (unpaired) electrons. The number of nitrogens with zero attached hydrogens (tertiary/aromatic N) is 4. The van der Waals surface area contributed by atoms with Crippen LogP contribution in [0.25, 0.3) is 0 Å². The van der Waals surface area contributed by atoms with Gasteiger partial charge in [-0.15, -0.1) is 0 Å². The van der Waals surface area contributed by atoms with E-state index >= 15 is 0 Å². The fourth-order valence-electron chi connectivity index (χ4n) is 2.37. The number of nitrogens with one attached hydrogen (secondary N) is 1. The minimum atomic E-state index is -0.116. The zero-order valence-electron chi connectivity index (χ0n) is 12.7.